The number of hydrogen-bond donors (Lipinski definition) is 1. The van der Waals surface area contributed by atoms with Gasteiger partial charge in [-0.2, -0.15) is 5.10 Å². The summed E-state index contributed by atoms with van der Waals surface area (Å²) in [4.78, 5) is 24.2. The second-order valence-electron chi connectivity index (χ2n) is 4.48. The first-order valence-electron chi connectivity index (χ1n) is 6.61. The number of nitrogens with zero attached hydrogens (tertiary/aromatic N) is 4. The average Bonchev–Trinajstić information content (AvgIpc) is 3.03. The lowest BCUT2D eigenvalue weighted by molar-refractivity contribution is 0.101. The fraction of sp³-hybridized carbons (Fsp3) is 0.0714. The largest absolute Gasteiger partial charge is 0.295 e. The van der Waals surface area contributed by atoms with Crippen LogP contribution in [0.3, 0.4) is 0 Å². The van der Waals surface area contributed by atoms with Gasteiger partial charge >= 0.3 is 0 Å². The molecule has 0 unspecified atom stereocenters. The van der Waals surface area contributed by atoms with E-state index >= 15 is 0 Å². The molecular formula is C14H10FN5O2S2. The molecule has 0 aliphatic carbocycles. The lowest BCUT2D eigenvalue weighted by atomic mass is 10.3. The van der Waals surface area contributed by atoms with Crippen molar-refractivity contribution in [2.24, 2.45) is 0 Å². The topological polar surface area (TPSA) is 89.8 Å². The summed E-state index contributed by atoms with van der Waals surface area (Å²) in [6.07, 6.45) is 3.25. The first kappa shape index (κ1) is 16.3. The van der Waals surface area contributed by atoms with Crippen molar-refractivity contribution >= 4 is 34.1 Å². The zero-order chi connectivity index (χ0) is 17.1. The van der Waals surface area contributed by atoms with Gasteiger partial charge in [-0.25, -0.2) is 9.07 Å². The van der Waals surface area contributed by atoms with Gasteiger partial charge < -0.3 is 0 Å². The van der Waals surface area contributed by atoms with Crippen molar-refractivity contribution in [3.05, 3.63) is 58.3 Å². The first-order chi connectivity index (χ1) is 11.6. The fourth-order valence-electron chi connectivity index (χ4n) is 1.80. The van der Waals surface area contributed by atoms with Gasteiger partial charge in [0.15, 0.2) is 10.0 Å². The van der Waals surface area contributed by atoms with Gasteiger partial charge in [-0.1, -0.05) is 23.1 Å². The van der Waals surface area contributed by atoms with Crippen molar-refractivity contribution in [2.45, 2.75) is 4.34 Å². The Kier molecular flexibility index (Phi) is 4.67. The van der Waals surface area contributed by atoms with Crippen LogP contribution in [0.15, 0.2) is 45.7 Å². The van der Waals surface area contributed by atoms with Gasteiger partial charge in [-0.15, -0.1) is 10.2 Å². The molecule has 0 saturated heterocycles. The van der Waals surface area contributed by atoms with Crippen LogP contribution in [-0.4, -0.2) is 32.1 Å². The smallest absolute Gasteiger partial charge is 0.282 e. The van der Waals surface area contributed by atoms with Gasteiger partial charge in [0.25, 0.3) is 5.91 Å². The molecule has 0 fully saturated rings. The number of halogens is 1. The van der Waals surface area contributed by atoms with Gasteiger partial charge in [-0.05, 0) is 30.5 Å². The number of thioether (sulfide) groups is 1. The highest BCUT2D eigenvalue weighted by Crippen LogP contribution is 2.23. The predicted molar refractivity (Wildman–Crippen MR) is 89.4 cm³/mol. The minimum absolute atomic E-state index is 0.280. The lowest BCUT2D eigenvalue weighted by Gasteiger charge is -2.06. The normalized spacial score (nSPS) is 10.6. The summed E-state index contributed by atoms with van der Waals surface area (Å²) in [7, 11) is 0. The van der Waals surface area contributed by atoms with Crippen LogP contribution in [-0.2, 0) is 0 Å². The molecule has 0 saturated carbocycles. The molecule has 0 aliphatic rings. The molecule has 122 valence electrons. The van der Waals surface area contributed by atoms with E-state index in [-0.39, 0.29) is 10.8 Å². The maximum absolute atomic E-state index is 13.0. The molecule has 0 atom stereocenters. The summed E-state index contributed by atoms with van der Waals surface area (Å²) in [5, 5.41) is 14.5. The van der Waals surface area contributed by atoms with Crippen LogP contribution < -0.4 is 10.7 Å². The molecule has 2 heterocycles. The Morgan fingerprint density at radius 3 is 2.67 bits per heavy atom. The quantitative estimate of drug-likeness (QED) is 0.565. The Morgan fingerprint density at radius 1 is 1.25 bits per heavy atom. The molecule has 0 bridgehead atoms. The number of hydrogen-bond acceptors (Lipinski definition) is 7. The summed E-state index contributed by atoms with van der Waals surface area (Å²) in [5.41, 5.74) is -0.297. The molecule has 0 aliphatic heterocycles. The van der Waals surface area contributed by atoms with E-state index in [0.717, 1.165) is 0 Å². The van der Waals surface area contributed by atoms with E-state index in [1.165, 1.54) is 64.3 Å². The monoisotopic (exact) mass is 363 g/mol. The molecule has 3 rings (SSSR count). The fourth-order valence-corrected chi connectivity index (χ4v) is 2.97. The highest BCUT2D eigenvalue weighted by molar-refractivity contribution is 8.00. The Morgan fingerprint density at radius 2 is 2.00 bits per heavy atom. The van der Waals surface area contributed by atoms with E-state index in [1.54, 1.807) is 0 Å². The molecule has 0 spiro atoms. The Balaban J connectivity index is 1.89. The standard InChI is InChI=1S/C14H10FN5O2S2/c1-23-14-18-17-13(24-14)16-12(22)11-10(21)6-7-20(19-11)9-4-2-8(15)3-5-9/h2-7H,1H3,(H,16,17,22). The van der Waals surface area contributed by atoms with E-state index in [2.05, 4.69) is 20.6 Å². The number of nitrogens with one attached hydrogen (secondary N) is 1. The Labute approximate surface area is 143 Å². The van der Waals surface area contributed by atoms with Crippen molar-refractivity contribution < 1.29 is 9.18 Å². The van der Waals surface area contributed by atoms with E-state index in [9.17, 15) is 14.0 Å². The van der Waals surface area contributed by atoms with Gasteiger partial charge in [0.05, 0.1) is 5.69 Å². The number of carbonyl (C=O) groups is 1. The summed E-state index contributed by atoms with van der Waals surface area (Å²) in [5.74, 6) is -1.07. The third kappa shape index (κ3) is 3.49. The minimum atomic E-state index is -0.680. The summed E-state index contributed by atoms with van der Waals surface area (Å²) in [6.45, 7) is 0. The molecule has 7 nitrogen and oxygen atoms in total. The van der Waals surface area contributed by atoms with Crippen LogP contribution in [0.2, 0.25) is 0 Å². The molecule has 0 radical (unpaired) electrons. The maximum atomic E-state index is 13.0. The van der Waals surface area contributed by atoms with Crippen LogP contribution in [0.1, 0.15) is 10.5 Å². The third-order valence-corrected chi connectivity index (χ3v) is 4.73. The van der Waals surface area contributed by atoms with E-state index in [1.807, 2.05) is 6.26 Å². The zero-order valence-electron chi connectivity index (χ0n) is 12.3. The third-order valence-electron chi connectivity index (χ3n) is 2.92. The van der Waals surface area contributed by atoms with Crippen molar-refractivity contribution in [3.8, 4) is 5.69 Å². The second-order valence-corrected chi connectivity index (χ2v) is 6.51. The number of aromatic nitrogens is 4. The van der Waals surface area contributed by atoms with Crippen molar-refractivity contribution in [3.63, 3.8) is 0 Å². The van der Waals surface area contributed by atoms with Gasteiger partial charge in [0, 0.05) is 12.3 Å². The molecule has 1 N–H and O–H groups in total. The second kappa shape index (κ2) is 6.89. The van der Waals surface area contributed by atoms with Crippen molar-refractivity contribution in [1.29, 1.82) is 0 Å². The molecule has 24 heavy (non-hydrogen) atoms. The van der Waals surface area contributed by atoms with Gasteiger partial charge in [-0.3, -0.25) is 14.9 Å². The predicted octanol–water partition coefficient (Wildman–Crippen LogP) is 2.20. The maximum Gasteiger partial charge on any atom is 0.282 e. The number of carbonyl (C=O) groups excluding carboxylic acids is 1. The Hall–Kier alpha value is -2.59. The van der Waals surface area contributed by atoms with Crippen molar-refractivity contribution in [2.75, 3.05) is 11.6 Å². The highest BCUT2D eigenvalue weighted by Gasteiger charge is 2.16. The van der Waals surface area contributed by atoms with Crippen molar-refractivity contribution in [1.82, 2.24) is 20.0 Å². The molecule has 10 heteroatoms. The van der Waals surface area contributed by atoms with E-state index in [0.29, 0.717) is 10.0 Å². The number of anilines is 1. The lowest BCUT2D eigenvalue weighted by Crippen LogP contribution is -2.25. The molecule has 1 aromatic carbocycles. The number of benzene rings is 1. The summed E-state index contributed by atoms with van der Waals surface area (Å²) >= 11 is 2.59. The summed E-state index contributed by atoms with van der Waals surface area (Å²) in [6, 6.07) is 6.73. The van der Waals surface area contributed by atoms with Gasteiger partial charge in [0.2, 0.25) is 10.6 Å². The van der Waals surface area contributed by atoms with Crippen LogP contribution in [0.4, 0.5) is 9.52 Å². The van der Waals surface area contributed by atoms with Crippen LogP contribution in [0, 0.1) is 5.82 Å². The van der Waals surface area contributed by atoms with Crippen LogP contribution in [0.25, 0.3) is 5.69 Å². The minimum Gasteiger partial charge on any atom is -0.295 e. The molecule has 3 aromatic rings. The van der Waals surface area contributed by atoms with Crippen LogP contribution in [0.5, 0.6) is 0 Å². The molecule has 2 aromatic heterocycles. The zero-order valence-corrected chi connectivity index (χ0v) is 13.9. The Bertz CT molecular complexity index is 939. The SMILES string of the molecule is CSc1nnc(NC(=O)c2nn(-c3ccc(F)cc3)ccc2=O)s1. The van der Waals surface area contributed by atoms with Gasteiger partial charge in [0.1, 0.15) is 5.82 Å². The highest BCUT2D eigenvalue weighted by atomic mass is 32.2. The van der Waals surface area contributed by atoms with E-state index < -0.39 is 17.2 Å². The molecular weight excluding hydrogens is 353 g/mol. The molecule has 1 amide bonds. The summed E-state index contributed by atoms with van der Waals surface area (Å²) < 4.78 is 15.0. The average molecular weight is 363 g/mol. The first-order valence-corrected chi connectivity index (χ1v) is 8.66. The van der Waals surface area contributed by atoms with Crippen LogP contribution >= 0.6 is 23.1 Å². The number of amides is 1. The van der Waals surface area contributed by atoms with E-state index in [4.69, 9.17) is 0 Å². The number of rotatable bonds is 4.